The van der Waals surface area contributed by atoms with Crippen LogP contribution in [-0.2, 0) is 19.6 Å². The monoisotopic (exact) mass is 636 g/mol. The first-order chi connectivity index (χ1) is 20.6. The average Bonchev–Trinajstić information content (AvgIpc) is 3.36. The van der Waals surface area contributed by atoms with Gasteiger partial charge in [0.1, 0.15) is 0 Å². The predicted molar refractivity (Wildman–Crippen MR) is 173 cm³/mol. The molecule has 3 saturated heterocycles. The number of ether oxygens (including phenoxy) is 1. The third-order valence-electron chi connectivity index (χ3n) is 10.4. The number of piperazine rings is 1. The number of hydrogen-bond acceptors (Lipinski definition) is 6. The van der Waals surface area contributed by atoms with E-state index in [-0.39, 0.29) is 47.3 Å². The Bertz CT molecular complexity index is 1180. The van der Waals surface area contributed by atoms with E-state index in [4.69, 9.17) is 16.3 Å². The molecule has 0 spiro atoms. The van der Waals surface area contributed by atoms with Gasteiger partial charge in [-0.15, -0.1) is 0 Å². The van der Waals surface area contributed by atoms with Crippen LogP contribution in [0, 0.1) is 11.8 Å². The highest BCUT2D eigenvalue weighted by Gasteiger charge is 2.42. The zero-order valence-electron chi connectivity index (χ0n) is 26.3. The Morgan fingerprint density at radius 3 is 2.67 bits per heavy atom. The molecule has 1 aliphatic carbocycles. The van der Waals surface area contributed by atoms with Crippen molar-refractivity contribution >= 4 is 27.5 Å². The quantitative estimate of drug-likeness (QED) is 0.322. The second-order valence-corrected chi connectivity index (χ2v) is 16.5. The third kappa shape index (κ3) is 8.33. The summed E-state index contributed by atoms with van der Waals surface area (Å²) in [5.74, 6) is 0.990. The summed E-state index contributed by atoms with van der Waals surface area (Å²) in [6.45, 7) is 9.21. The van der Waals surface area contributed by atoms with Crippen molar-refractivity contribution in [3.05, 3.63) is 34.9 Å². The molecular formula is C33H53ClN4O4S. The number of benzene rings is 1. The van der Waals surface area contributed by atoms with Crippen molar-refractivity contribution in [3.8, 4) is 0 Å². The van der Waals surface area contributed by atoms with E-state index < -0.39 is 10.0 Å². The van der Waals surface area contributed by atoms with Crippen LogP contribution < -0.4 is 16.0 Å². The number of fused-ring (bicyclic) bond motifs is 2. The Kier molecular flexibility index (Phi) is 11.1. The minimum Gasteiger partial charge on any atom is -0.376 e. The molecule has 0 aromatic heterocycles. The molecule has 1 aromatic carbocycles. The summed E-state index contributed by atoms with van der Waals surface area (Å²) in [5.41, 5.74) is 0.908. The van der Waals surface area contributed by atoms with Gasteiger partial charge < -0.3 is 20.7 Å². The van der Waals surface area contributed by atoms with Gasteiger partial charge in [0.25, 0.3) is 0 Å². The molecule has 4 aliphatic rings. The van der Waals surface area contributed by atoms with Crippen LogP contribution in [0.5, 0.6) is 0 Å². The van der Waals surface area contributed by atoms with Gasteiger partial charge in [0.15, 0.2) is 0 Å². The van der Waals surface area contributed by atoms with Crippen molar-refractivity contribution in [1.29, 1.82) is 0 Å². The molecule has 10 heteroatoms. The molecule has 1 saturated carbocycles. The molecule has 242 valence electrons. The van der Waals surface area contributed by atoms with Gasteiger partial charge in [0.05, 0.1) is 17.4 Å². The van der Waals surface area contributed by atoms with Crippen LogP contribution in [0.2, 0.25) is 5.02 Å². The number of nitrogens with zero attached hydrogens (tertiary/aromatic N) is 1. The lowest BCUT2D eigenvalue weighted by Gasteiger charge is -2.42. The van der Waals surface area contributed by atoms with Gasteiger partial charge in [-0.25, -0.2) is 8.42 Å². The number of hydrogen-bond donors (Lipinski definition) is 3. The highest BCUT2D eigenvalue weighted by atomic mass is 35.5. The summed E-state index contributed by atoms with van der Waals surface area (Å²) in [5, 5.41) is 11.5. The third-order valence-corrected chi connectivity index (χ3v) is 12.6. The molecule has 5 rings (SSSR count). The maximum Gasteiger partial charge on any atom is 0.238 e. The van der Waals surface area contributed by atoms with Crippen molar-refractivity contribution in [3.63, 3.8) is 0 Å². The van der Waals surface area contributed by atoms with Crippen LogP contribution >= 0.6 is 11.6 Å². The lowest BCUT2D eigenvalue weighted by atomic mass is 9.73. The predicted octanol–water partition coefficient (Wildman–Crippen LogP) is 4.83. The van der Waals surface area contributed by atoms with E-state index >= 15 is 0 Å². The number of carbonyl (C=O) groups excluding carboxylic acids is 1. The van der Waals surface area contributed by atoms with E-state index in [1.807, 2.05) is 12.1 Å². The molecular weight excluding hydrogens is 584 g/mol. The minimum absolute atomic E-state index is 0.00125. The van der Waals surface area contributed by atoms with E-state index in [2.05, 4.69) is 48.9 Å². The van der Waals surface area contributed by atoms with Crippen LogP contribution in [0.4, 0.5) is 0 Å². The lowest BCUT2D eigenvalue weighted by molar-refractivity contribution is -0.126. The van der Waals surface area contributed by atoms with Crippen molar-refractivity contribution in [2.24, 2.45) is 11.8 Å². The van der Waals surface area contributed by atoms with Gasteiger partial charge in [-0.1, -0.05) is 37.1 Å². The summed E-state index contributed by atoms with van der Waals surface area (Å²) in [4.78, 5) is 14.3. The Labute approximate surface area is 264 Å². The van der Waals surface area contributed by atoms with E-state index in [9.17, 15) is 13.2 Å². The van der Waals surface area contributed by atoms with Crippen LogP contribution in [-0.4, -0.2) is 80.4 Å². The number of nitrogens with one attached hydrogen (secondary N) is 3. The molecule has 43 heavy (non-hydrogen) atoms. The highest BCUT2D eigenvalue weighted by Crippen LogP contribution is 2.41. The number of amides is 1. The Hall–Kier alpha value is -1.23. The van der Waals surface area contributed by atoms with Crippen LogP contribution in [0.15, 0.2) is 24.3 Å². The maximum absolute atomic E-state index is 14.3. The summed E-state index contributed by atoms with van der Waals surface area (Å²) < 4.78 is 33.8. The maximum atomic E-state index is 14.3. The van der Waals surface area contributed by atoms with Gasteiger partial charge in [-0.3, -0.25) is 4.79 Å². The SMILES string of the molecule is CCCNC(C(=O)N[C@H]1CCC[C@@H]1CC[C@H]1CN[C@@H]2CCCS(=O)(=O)N1C2)C(c1ccc(Cl)cc1)C1CCOC(C)(C)C1. The molecule has 1 amide bonds. The van der Waals surface area contributed by atoms with Gasteiger partial charge >= 0.3 is 0 Å². The molecule has 3 heterocycles. The zero-order valence-corrected chi connectivity index (χ0v) is 27.9. The fourth-order valence-electron chi connectivity index (χ4n) is 8.19. The van der Waals surface area contributed by atoms with Crippen molar-refractivity contribution in [2.45, 2.75) is 121 Å². The standard InChI is InChI=1S/C33H53ClN4O4S/c1-4-17-35-31(30(24-10-13-26(34)14-11-24)25-16-18-42-33(2,3)20-25)32(39)37-29-9-5-7-23(29)12-15-28-21-36-27-8-6-19-43(40,41)38(28)22-27/h10-11,13-14,23,25,27-31,35-36H,4-9,12,15-22H2,1-3H3,(H,37,39)/t23-,25?,27-,28+,29+,30?,31?/m1/s1. The van der Waals surface area contributed by atoms with Crippen LogP contribution in [0.25, 0.3) is 0 Å². The first-order valence-electron chi connectivity index (χ1n) is 16.7. The van der Waals surface area contributed by atoms with E-state index in [1.54, 1.807) is 4.31 Å². The lowest BCUT2D eigenvalue weighted by Crippen LogP contribution is -2.57. The van der Waals surface area contributed by atoms with Crippen LogP contribution in [0.1, 0.15) is 96.5 Å². The fourth-order valence-corrected chi connectivity index (χ4v) is 10.1. The summed E-state index contributed by atoms with van der Waals surface area (Å²) in [6.07, 6.45) is 9.29. The largest absolute Gasteiger partial charge is 0.376 e. The number of halogens is 1. The number of sulfonamides is 1. The molecule has 8 atom stereocenters. The highest BCUT2D eigenvalue weighted by molar-refractivity contribution is 7.89. The second-order valence-electron chi connectivity index (χ2n) is 14.0. The van der Waals surface area contributed by atoms with E-state index in [0.717, 1.165) is 82.9 Å². The van der Waals surface area contributed by atoms with E-state index in [0.29, 0.717) is 30.0 Å². The zero-order chi connectivity index (χ0) is 30.6. The summed E-state index contributed by atoms with van der Waals surface area (Å²) in [7, 11) is -3.20. The molecule has 3 N–H and O–H groups in total. The molecule has 4 fully saturated rings. The summed E-state index contributed by atoms with van der Waals surface area (Å²) >= 11 is 6.29. The first-order valence-corrected chi connectivity index (χ1v) is 18.7. The van der Waals surface area contributed by atoms with Crippen molar-refractivity contribution in [2.75, 3.05) is 32.0 Å². The Morgan fingerprint density at radius 1 is 1.14 bits per heavy atom. The summed E-state index contributed by atoms with van der Waals surface area (Å²) in [6, 6.07) is 8.06. The van der Waals surface area contributed by atoms with Crippen LogP contribution in [0.3, 0.4) is 0 Å². The van der Waals surface area contributed by atoms with Crippen molar-refractivity contribution < 1.29 is 17.9 Å². The van der Waals surface area contributed by atoms with Crippen molar-refractivity contribution in [1.82, 2.24) is 20.3 Å². The topological polar surface area (TPSA) is 99.8 Å². The van der Waals surface area contributed by atoms with Gasteiger partial charge in [-0.05, 0) is 108 Å². The average molecular weight is 637 g/mol. The second kappa shape index (κ2) is 14.5. The molecule has 2 bridgehead atoms. The van der Waals surface area contributed by atoms with Gasteiger partial charge in [0, 0.05) is 48.8 Å². The smallest absolute Gasteiger partial charge is 0.238 e. The molecule has 1 aromatic rings. The molecule has 3 aliphatic heterocycles. The normalized spacial score (nSPS) is 33.3. The number of carbonyl (C=O) groups is 1. The Morgan fingerprint density at radius 2 is 1.93 bits per heavy atom. The minimum atomic E-state index is -3.20. The van der Waals surface area contributed by atoms with E-state index in [1.165, 1.54) is 0 Å². The Balaban J connectivity index is 1.30. The number of rotatable bonds is 11. The molecule has 8 nitrogen and oxygen atoms in total. The van der Waals surface area contributed by atoms with Gasteiger partial charge in [0.2, 0.25) is 15.9 Å². The fraction of sp³-hybridized carbons (Fsp3) is 0.788. The first kappa shape index (κ1) is 33.1. The molecule has 0 radical (unpaired) electrons. The van der Waals surface area contributed by atoms with Gasteiger partial charge in [-0.2, -0.15) is 4.31 Å². The molecule has 4 unspecified atom stereocenters.